The fourth-order valence-corrected chi connectivity index (χ4v) is 3.06. The second-order valence-corrected chi connectivity index (χ2v) is 6.91. The van der Waals surface area contributed by atoms with Crippen molar-refractivity contribution in [3.05, 3.63) is 65.7 Å². The molecular weight excluding hydrogens is 356 g/mol. The molecular formula is C22H24N2O4. The van der Waals surface area contributed by atoms with E-state index in [0.29, 0.717) is 18.5 Å². The van der Waals surface area contributed by atoms with Crippen LogP contribution in [0.2, 0.25) is 0 Å². The van der Waals surface area contributed by atoms with Gasteiger partial charge in [0.2, 0.25) is 11.8 Å². The SMILES string of the molecule is CCOC(=O)c1ccccc1NC(=O)C1(C(=O)NC(C)c2ccccc2)CC1. The highest BCUT2D eigenvalue weighted by Crippen LogP contribution is 2.47. The molecule has 1 aliphatic carbocycles. The van der Waals surface area contributed by atoms with Gasteiger partial charge in [-0.2, -0.15) is 0 Å². The molecule has 2 aromatic carbocycles. The normalized spacial score (nSPS) is 15.2. The molecule has 1 unspecified atom stereocenters. The summed E-state index contributed by atoms with van der Waals surface area (Å²) in [5.41, 5.74) is 0.498. The molecule has 6 heteroatoms. The van der Waals surface area contributed by atoms with Gasteiger partial charge in [0.25, 0.3) is 0 Å². The minimum absolute atomic E-state index is 0.203. The summed E-state index contributed by atoms with van der Waals surface area (Å²) in [6.45, 7) is 3.85. The number of ether oxygens (including phenoxy) is 1. The van der Waals surface area contributed by atoms with E-state index in [9.17, 15) is 14.4 Å². The molecule has 1 fully saturated rings. The van der Waals surface area contributed by atoms with Crippen LogP contribution in [0.1, 0.15) is 48.7 Å². The third-order valence-corrected chi connectivity index (χ3v) is 4.94. The number of anilines is 1. The van der Waals surface area contributed by atoms with E-state index in [-0.39, 0.29) is 24.1 Å². The first kappa shape index (κ1) is 19.6. The van der Waals surface area contributed by atoms with Crippen molar-refractivity contribution >= 4 is 23.5 Å². The Morgan fingerprint density at radius 2 is 1.64 bits per heavy atom. The van der Waals surface area contributed by atoms with E-state index in [4.69, 9.17) is 4.74 Å². The lowest BCUT2D eigenvalue weighted by atomic mass is 10.0. The van der Waals surface area contributed by atoms with E-state index in [1.807, 2.05) is 37.3 Å². The fourth-order valence-electron chi connectivity index (χ4n) is 3.06. The Morgan fingerprint density at radius 1 is 1.00 bits per heavy atom. The molecule has 1 atom stereocenters. The lowest BCUT2D eigenvalue weighted by Crippen LogP contribution is -2.41. The van der Waals surface area contributed by atoms with E-state index in [1.54, 1.807) is 31.2 Å². The number of nitrogens with one attached hydrogen (secondary N) is 2. The van der Waals surface area contributed by atoms with Crippen LogP contribution in [0.25, 0.3) is 0 Å². The number of carbonyl (C=O) groups excluding carboxylic acids is 3. The van der Waals surface area contributed by atoms with Crippen LogP contribution in [0.3, 0.4) is 0 Å². The first-order chi connectivity index (χ1) is 13.5. The zero-order chi connectivity index (χ0) is 20.1. The Kier molecular flexibility index (Phi) is 5.78. The molecule has 28 heavy (non-hydrogen) atoms. The number of hydrogen-bond acceptors (Lipinski definition) is 4. The Hall–Kier alpha value is -3.15. The molecule has 2 N–H and O–H groups in total. The summed E-state index contributed by atoms with van der Waals surface area (Å²) < 4.78 is 5.03. The van der Waals surface area contributed by atoms with E-state index in [2.05, 4.69) is 10.6 Å². The first-order valence-corrected chi connectivity index (χ1v) is 9.41. The minimum Gasteiger partial charge on any atom is -0.462 e. The van der Waals surface area contributed by atoms with Gasteiger partial charge in [0.1, 0.15) is 5.41 Å². The molecule has 0 aromatic heterocycles. The zero-order valence-electron chi connectivity index (χ0n) is 16.0. The predicted octanol–water partition coefficient (Wildman–Crippen LogP) is 3.46. The molecule has 1 aliphatic rings. The summed E-state index contributed by atoms with van der Waals surface area (Å²) in [6.07, 6.45) is 0.960. The molecule has 146 valence electrons. The van der Waals surface area contributed by atoms with Crippen LogP contribution in [0, 0.1) is 5.41 Å². The highest BCUT2D eigenvalue weighted by atomic mass is 16.5. The van der Waals surface area contributed by atoms with Gasteiger partial charge in [0.15, 0.2) is 0 Å². The molecule has 2 amide bonds. The number of para-hydroxylation sites is 1. The molecule has 2 aromatic rings. The third kappa shape index (κ3) is 4.06. The molecule has 0 bridgehead atoms. The smallest absolute Gasteiger partial charge is 0.340 e. The molecule has 0 saturated heterocycles. The van der Waals surface area contributed by atoms with Gasteiger partial charge in [-0.3, -0.25) is 9.59 Å². The van der Waals surface area contributed by atoms with Crippen LogP contribution in [0.4, 0.5) is 5.69 Å². The van der Waals surface area contributed by atoms with Gasteiger partial charge >= 0.3 is 5.97 Å². The highest BCUT2D eigenvalue weighted by Gasteiger charge is 2.56. The summed E-state index contributed by atoms with van der Waals surface area (Å²) in [5.74, 6) is -1.21. The van der Waals surface area contributed by atoms with Crippen molar-refractivity contribution in [3.63, 3.8) is 0 Å². The van der Waals surface area contributed by atoms with Gasteiger partial charge in [0.05, 0.1) is 23.9 Å². The van der Waals surface area contributed by atoms with Gasteiger partial charge in [0, 0.05) is 0 Å². The number of hydrogen-bond donors (Lipinski definition) is 2. The molecule has 6 nitrogen and oxygen atoms in total. The van der Waals surface area contributed by atoms with Crippen molar-refractivity contribution in [1.82, 2.24) is 5.32 Å². The quantitative estimate of drug-likeness (QED) is 0.569. The minimum atomic E-state index is -1.09. The first-order valence-electron chi connectivity index (χ1n) is 9.41. The van der Waals surface area contributed by atoms with E-state index in [1.165, 1.54) is 0 Å². The highest BCUT2D eigenvalue weighted by molar-refractivity contribution is 6.14. The maximum atomic E-state index is 12.9. The summed E-state index contributed by atoms with van der Waals surface area (Å²) in [7, 11) is 0. The largest absolute Gasteiger partial charge is 0.462 e. The topological polar surface area (TPSA) is 84.5 Å². The Balaban J connectivity index is 1.71. The molecule has 1 saturated carbocycles. The van der Waals surface area contributed by atoms with Crippen LogP contribution in [0.5, 0.6) is 0 Å². The van der Waals surface area contributed by atoms with E-state index >= 15 is 0 Å². The van der Waals surface area contributed by atoms with Gasteiger partial charge in [-0.1, -0.05) is 42.5 Å². The lowest BCUT2D eigenvalue weighted by Gasteiger charge is -2.20. The van der Waals surface area contributed by atoms with E-state index < -0.39 is 17.3 Å². The van der Waals surface area contributed by atoms with Gasteiger partial charge < -0.3 is 15.4 Å². The number of amides is 2. The molecule has 0 radical (unpaired) electrons. The standard InChI is InChI=1S/C22H24N2O4/c1-3-28-19(25)17-11-7-8-12-18(17)24-21(27)22(13-14-22)20(26)23-15(2)16-9-5-4-6-10-16/h4-12,15H,3,13-14H2,1-2H3,(H,23,26)(H,24,27). The number of benzene rings is 2. The van der Waals surface area contributed by atoms with Crippen molar-refractivity contribution in [2.75, 3.05) is 11.9 Å². The summed E-state index contributed by atoms with van der Waals surface area (Å²) in [5, 5.41) is 5.68. The summed E-state index contributed by atoms with van der Waals surface area (Å²) in [4.78, 5) is 37.8. The number of esters is 1. The number of rotatable bonds is 7. The van der Waals surface area contributed by atoms with Crippen LogP contribution in [-0.2, 0) is 14.3 Å². The Morgan fingerprint density at radius 3 is 2.29 bits per heavy atom. The van der Waals surface area contributed by atoms with Crippen molar-refractivity contribution in [3.8, 4) is 0 Å². The molecule has 0 heterocycles. The Labute approximate surface area is 164 Å². The van der Waals surface area contributed by atoms with Gasteiger partial charge in [-0.15, -0.1) is 0 Å². The maximum Gasteiger partial charge on any atom is 0.340 e. The fraction of sp³-hybridized carbons (Fsp3) is 0.318. The number of carbonyl (C=O) groups is 3. The van der Waals surface area contributed by atoms with Crippen LogP contribution in [-0.4, -0.2) is 24.4 Å². The lowest BCUT2D eigenvalue weighted by molar-refractivity contribution is -0.134. The van der Waals surface area contributed by atoms with Crippen molar-refractivity contribution in [1.29, 1.82) is 0 Å². The van der Waals surface area contributed by atoms with Crippen molar-refractivity contribution in [2.24, 2.45) is 5.41 Å². The monoisotopic (exact) mass is 380 g/mol. The molecule has 0 spiro atoms. The van der Waals surface area contributed by atoms with Crippen LogP contribution >= 0.6 is 0 Å². The molecule has 0 aliphatic heterocycles. The van der Waals surface area contributed by atoms with Gasteiger partial charge in [-0.25, -0.2) is 4.79 Å². The maximum absolute atomic E-state index is 12.9. The average Bonchev–Trinajstić information content (AvgIpc) is 3.51. The second kappa shape index (κ2) is 8.25. The van der Waals surface area contributed by atoms with Crippen molar-refractivity contribution < 1.29 is 19.1 Å². The third-order valence-electron chi connectivity index (χ3n) is 4.94. The molecule has 3 rings (SSSR count). The van der Waals surface area contributed by atoms with Gasteiger partial charge in [-0.05, 0) is 44.4 Å². The average molecular weight is 380 g/mol. The van der Waals surface area contributed by atoms with Crippen LogP contribution in [0.15, 0.2) is 54.6 Å². The van der Waals surface area contributed by atoms with E-state index in [0.717, 1.165) is 5.56 Å². The van der Waals surface area contributed by atoms with Crippen LogP contribution < -0.4 is 10.6 Å². The van der Waals surface area contributed by atoms with Crippen molar-refractivity contribution in [2.45, 2.75) is 32.7 Å². The summed E-state index contributed by atoms with van der Waals surface area (Å²) >= 11 is 0. The second-order valence-electron chi connectivity index (χ2n) is 6.91. The Bertz CT molecular complexity index is 875. The predicted molar refractivity (Wildman–Crippen MR) is 106 cm³/mol. The summed E-state index contributed by atoms with van der Waals surface area (Å²) in [6, 6.07) is 16.0. The zero-order valence-corrected chi connectivity index (χ0v) is 16.0.